The van der Waals surface area contributed by atoms with Gasteiger partial charge in [-0.3, -0.25) is 9.78 Å². The molecule has 3 rings (SSSR count). The number of hydrogen-bond donors (Lipinski definition) is 1. The van der Waals surface area contributed by atoms with Gasteiger partial charge in [0, 0.05) is 37.4 Å². The number of halogens is 1. The third-order valence-electron chi connectivity index (χ3n) is 4.34. The monoisotopic (exact) mass is 293 g/mol. The van der Waals surface area contributed by atoms with Gasteiger partial charge in [-0.05, 0) is 31.7 Å². The molecule has 0 aromatic carbocycles. The summed E-state index contributed by atoms with van der Waals surface area (Å²) in [6, 6.07) is 2.18. The van der Waals surface area contributed by atoms with Gasteiger partial charge in [-0.2, -0.15) is 0 Å². The van der Waals surface area contributed by atoms with Crippen LogP contribution in [0, 0.1) is 5.92 Å². The van der Waals surface area contributed by atoms with Crippen molar-refractivity contribution in [2.24, 2.45) is 5.92 Å². The molecule has 1 N–H and O–H groups in total. The van der Waals surface area contributed by atoms with E-state index in [2.05, 4.69) is 15.2 Å². The van der Waals surface area contributed by atoms with Crippen molar-refractivity contribution in [3.8, 4) is 0 Å². The van der Waals surface area contributed by atoms with Crippen molar-refractivity contribution in [2.45, 2.75) is 38.1 Å². The maximum atomic E-state index is 12.0. The van der Waals surface area contributed by atoms with Gasteiger partial charge < -0.3 is 10.2 Å². The Balaban J connectivity index is 1.61. The molecular weight excluding hydrogens is 274 g/mol. The van der Waals surface area contributed by atoms with Crippen LogP contribution in [0.3, 0.4) is 0 Å². The average molecular weight is 294 g/mol. The second-order valence-corrected chi connectivity index (χ2v) is 6.16. The van der Waals surface area contributed by atoms with E-state index in [9.17, 15) is 4.79 Å². The van der Waals surface area contributed by atoms with Crippen LogP contribution >= 0.6 is 11.6 Å². The fourth-order valence-electron chi connectivity index (χ4n) is 2.93. The maximum absolute atomic E-state index is 12.0. The summed E-state index contributed by atoms with van der Waals surface area (Å²) in [6.45, 7) is 1.82. The minimum atomic E-state index is 0.237. The van der Waals surface area contributed by atoms with Crippen LogP contribution in [-0.4, -0.2) is 30.0 Å². The highest BCUT2D eigenvalue weighted by atomic mass is 35.5. The number of nitrogens with one attached hydrogen (secondary N) is 1. The first-order valence-corrected chi connectivity index (χ1v) is 7.76. The van der Waals surface area contributed by atoms with Crippen LogP contribution in [-0.2, 0) is 4.79 Å². The fourth-order valence-corrected chi connectivity index (χ4v) is 3.17. The molecule has 0 radical (unpaired) electrons. The first-order valence-electron chi connectivity index (χ1n) is 7.39. The van der Waals surface area contributed by atoms with Crippen LogP contribution in [0.15, 0.2) is 18.5 Å². The lowest BCUT2D eigenvalue weighted by Gasteiger charge is -2.36. The van der Waals surface area contributed by atoms with Crippen molar-refractivity contribution in [3.05, 3.63) is 23.5 Å². The second kappa shape index (κ2) is 6.00. The average Bonchev–Trinajstić information content (AvgIpc) is 2.37. The van der Waals surface area contributed by atoms with Crippen molar-refractivity contribution in [3.63, 3.8) is 0 Å². The Morgan fingerprint density at radius 3 is 2.90 bits per heavy atom. The van der Waals surface area contributed by atoms with Crippen molar-refractivity contribution < 1.29 is 4.79 Å². The predicted octanol–water partition coefficient (Wildman–Crippen LogP) is 2.62. The number of carbonyl (C=O) groups is 1. The number of pyridine rings is 1. The lowest BCUT2D eigenvalue weighted by Crippen LogP contribution is -2.50. The molecule has 1 unspecified atom stereocenters. The molecule has 20 heavy (non-hydrogen) atoms. The molecule has 1 aliphatic carbocycles. The SMILES string of the molecule is O=C(NC1CCCN(c2ccncc2Cl)C1)C1CCC1. The van der Waals surface area contributed by atoms with Gasteiger partial charge in [-0.25, -0.2) is 0 Å². The van der Waals surface area contributed by atoms with E-state index in [0.717, 1.165) is 44.5 Å². The molecule has 5 heteroatoms. The molecule has 1 aliphatic heterocycles. The van der Waals surface area contributed by atoms with E-state index in [1.54, 1.807) is 12.4 Å². The van der Waals surface area contributed by atoms with Crippen LogP contribution in [0.5, 0.6) is 0 Å². The Morgan fingerprint density at radius 1 is 1.35 bits per heavy atom. The van der Waals surface area contributed by atoms with Crippen LogP contribution in [0.4, 0.5) is 5.69 Å². The van der Waals surface area contributed by atoms with Crippen LogP contribution in [0.25, 0.3) is 0 Å². The van der Waals surface area contributed by atoms with Gasteiger partial charge in [0.1, 0.15) is 0 Å². The number of nitrogens with zero attached hydrogens (tertiary/aromatic N) is 2. The molecule has 2 aliphatic rings. The van der Waals surface area contributed by atoms with Gasteiger partial charge in [-0.1, -0.05) is 18.0 Å². The van der Waals surface area contributed by atoms with Gasteiger partial charge in [0.05, 0.1) is 10.7 Å². The zero-order valence-corrected chi connectivity index (χ0v) is 12.3. The standard InChI is InChI=1S/C15H20ClN3O/c16-13-9-17-7-6-14(13)19-8-2-5-12(10-19)18-15(20)11-3-1-4-11/h6-7,9,11-12H,1-5,8,10H2,(H,18,20). The summed E-state index contributed by atoms with van der Waals surface area (Å²) >= 11 is 6.20. The number of aromatic nitrogens is 1. The van der Waals surface area contributed by atoms with Gasteiger partial charge in [0.25, 0.3) is 0 Å². The Kier molecular flexibility index (Phi) is 4.10. The number of piperidine rings is 1. The molecule has 108 valence electrons. The molecule has 1 amide bonds. The predicted molar refractivity (Wildman–Crippen MR) is 80.0 cm³/mol. The van der Waals surface area contributed by atoms with E-state index in [-0.39, 0.29) is 17.9 Å². The number of rotatable bonds is 3. The van der Waals surface area contributed by atoms with Crippen molar-refractivity contribution in [2.75, 3.05) is 18.0 Å². The summed E-state index contributed by atoms with van der Waals surface area (Å²) in [5.74, 6) is 0.499. The molecule has 1 atom stereocenters. The van der Waals surface area contributed by atoms with Crippen molar-refractivity contribution >= 4 is 23.2 Å². The molecule has 0 spiro atoms. The highest BCUT2D eigenvalue weighted by molar-refractivity contribution is 6.33. The fraction of sp³-hybridized carbons (Fsp3) is 0.600. The summed E-state index contributed by atoms with van der Waals surface area (Å²) < 4.78 is 0. The largest absolute Gasteiger partial charge is 0.368 e. The highest BCUT2D eigenvalue weighted by Gasteiger charge is 2.29. The minimum absolute atomic E-state index is 0.237. The number of amides is 1. The Labute approximate surface area is 124 Å². The smallest absolute Gasteiger partial charge is 0.223 e. The molecule has 1 aromatic rings. The summed E-state index contributed by atoms with van der Waals surface area (Å²) in [5, 5.41) is 3.88. The Morgan fingerprint density at radius 2 is 2.20 bits per heavy atom. The topological polar surface area (TPSA) is 45.2 Å². The van der Waals surface area contributed by atoms with Gasteiger partial charge in [0.15, 0.2) is 0 Å². The van der Waals surface area contributed by atoms with E-state index in [4.69, 9.17) is 11.6 Å². The van der Waals surface area contributed by atoms with E-state index in [1.165, 1.54) is 6.42 Å². The number of anilines is 1. The molecule has 1 saturated carbocycles. The zero-order valence-electron chi connectivity index (χ0n) is 11.5. The molecule has 1 saturated heterocycles. The highest BCUT2D eigenvalue weighted by Crippen LogP contribution is 2.29. The molecule has 1 aromatic heterocycles. The van der Waals surface area contributed by atoms with E-state index in [0.29, 0.717) is 5.02 Å². The van der Waals surface area contributed by atoms with Gasteiger partial charge >= 0.3 is 0 Å². The normalized spacial score (nSPS) is 23.2. The Hall–Kier alpha value is -1.29. The van der Waals surface area contributed by atoms with Crippen molar-refractivity contribution in [1.82, 2.24) is 10.3 Å². The van der Waals surface area contributed by atoms with E-state index < -0.39 is 0 Å². The van der Waals surface area contributed by atoms with Crippen LogP contribution in [0.2, 0.25) is 5.02 Å². The quantitative estimate of drug-likeness (QED) is 0.932. The molecule has 2 heterocycles. The second-order valence-electron chi connectivity index (χ2n) is 5.75. The van der Waals surface area contributed by atoms with Crippen molar-refractivity contribution in [1.29, 1.82) is 0 Å². The lowest BCUT2D eigenvalue weighted by molar-refractivity contribution is -0.128. The summed E-state index contributed by atoms with van der Waals surface area (Å²) in [7, 11) is 0. The maximum Gasteiger partial charge on any atom is 0.223 e. The summed E-state index contributed by atoms with van der Waals surface area (Å²) in [5.41, 5.74) is 1.02. The molecule has 0 bridgehead atoms. The molecule has 2 fully saturated rings. The number of hydrogen-bond acceptors (Lipinski definition) is 3. The van der Waals surface area contributed by atoms with Gasteiger partial charge in [0.2, 0.25) is 5.91 Å². The summed E-state index contributed by atoms with van der Waals surface area (Å²) in [4.78, 5) is 18.3. The summed E-state index contributed by atoms with van der Waals surface area (Å²) in [6.07, 6.45) is 8.87. The third kappa shape index (κ3) is 2.90. The molecular formula is C15H20ClN3O. The first-order chi connectivity index (χ1) is 9.74. The van der Waals surface area contributed by atoms with E-state index >= 15 is 0 Å². The first kappa shape index (κ1) is 13.7. The van der Waals surface area contributed by atoms with Crippen LogP contribution in [0.1, 0.15) is 32.1 Å². The molecule has 4 nitrogen and oxygen atoms in total. The lowest BCUT2D eigenvalue weighted by atomic mass is 9.84. The Bertz CT molecular complexity index is 490. The third-order valence-corrected chi connectivity index (χ3v) is 4.63. The van der Waals surface area contributed by atoms with Crippen LogP contribution < -0.4 is 10.2 Å². The zero-order chi connectivity index (χ0) is 13.9. The van der Waals surface area contributed by atoms with E-state index in [1.807, 2.05) is 6.07 Å². The minimum Gasteiger partial charge on any atom is -0.368 e. The van der Waals surface area contributed by atoms with Gasteiger partial charge in [-0.15, -0.1) is 0 Å². The number of carbonyl (C=O) groups excluding carboxylic acids is 1.